The third-order valence-corrected chi connectivity index (χ3v) is 4.32. The lowest BCUT2D eigenvalue weighted by Gasteiger charge is -2.33. The van der Waals surface area contributed by atoms with E-state index in [0.717, 1.165) is 6.42 Å². The normalized spacial score (nSPS) is 18.1. The number of hydrogen-bond acceptors (Lipinski definition) is 0. The first-order valence-corrected chi connectivity index (χ1v) is 6.59. The summed E-state index contributed by atoms with van der Waals surface area (Å²) >= 11 is 0. The van der Waals surface area contributed by atoms with Gasteiger partial charge >= 0.3 is 0 Å². The summed E-state index contributed by atoms with van der Waals surface area (Å²) in [5.41, 5.74) is 3.69. The Morgan fingerprint density at radius 1 is 0.938 bits per heavy atom. The van der Waals surface area contributed by atoms with E-state index < -0.39 is 0 Å². The van der Waals surface area contributed by atoms with E-state index in [-0.39, 0.29) is 0 Å². The zero-order chi connectivity index (χ0) is 12.4. The molecule has 1 radical (unpaired) electrons. The van der Waals surface area contributed by atoms with Crippen LogP contribution in [0.4, 0.5) is 0 Å². The fraction of sp³-hybridized carbons (Fsp3) is 0.688. The zero-order valence-corrected chi connectivity index (χ0v) is 11.9. The second-order valence-electron chi connectivity index (χ2n) is 6.17. The van der Waals surface area contributed by atoms with Crippen molar-refractivity contribution in [2.45, 2.75) is 60.8 Å². The summed E-state index contributed by atoms with van der Waals surface area (Å²) < 4.78 is 0. The summed E-state index contributed by atoms with van der Waals surface area (Å²) in [5.74, 6) is 0. The van der Waals surface area contributed by atoms with E-state index in [0.29, 0.717) is 10.8 Å². The molecule has 1 aliphatic carbocycles. The van der Waals surface area contributed by atoms with Crippen LogP contribution in [0.1, 0.15) is 60.8 Å². The summed E-state index contributed by atoms with van der Waals surface area (Å²) in [6, 6.07) is 0. The van der Waals surface area contributed by atoms with Crippen LogP contribution >= 0.6 is 0 Å². The molecule has 1 rings (SSSR count). The molecule has 0 aromatic carbocycles. The van der Waals surface area contributed by atoms with E-state index in [1.807, 2.05) is 0 Å². The highest BCUT2D eigenvalue weighted by molar-refractivity contribution is 5.39. The van der Waals surface area contributed by atoms with Crippen molar-refractivity contribution in [3.05, 3.63) is 29.7 Å². The molecule has 0 N–H and O–H groups in total. The summed E-state index contributed by atoms with van der Waals surface area (Å²) in [6.45, 7) is 13.9. The maximum Gasteiger partial charge on any atom is -0.00909 e. The molecule has 0 nitrogen and oxygen atoms in total. The van der Waals surface area contributed by atoms with Gasteiger partial charge in [0.1, 0.15) is 0 Å². The average Bonchev–Trinajstić information content (AvgIpc) is 2.29. The molecule has 16 heavy (non-hydrogen) atoms. The molecular formula is C16H27. The number of allylic oxidation sites excluding steroid dienone is 4. The van der Waals surface area contributed by atoms with Crippen LogP contribution in [0.15, 0.2) is 23.3 Å². The van der Waals surface area contributed by atoms with Crippen LogP contribution in [0, 0.1) is 17.3 Å². The van der Waals surface area contributed by atoms with E-state index in [4.69, 9.17) is 0 Å². The molecule has 0 bridgehead atoms. The first kappa shape index (κ1) is 13.5. The van der Waals surface area contributed by atoms with Gasteiger partial charge in [-0.05, 0) is 42.1 Å². The lowest BCUT2D eigenvalue weighted by molar-refractivity contribution is 0.414. The summed E-state index contributed by atoms with van der Waals surface area (Å²) in [4.78, 5) is 0. The van der Waals surface area contributed by atoms with Crippen LogP contribution in [0.25, 0.3) is 0 Å². The third-order valence-electron chi connectivity index (χ3n) is 4.32. The molecule has 0 saturated carbocycles. The molecule has 0 aromatic heterocycles. The highest BCUT2D eigenvalue weighted by atomic mass is 14.3. The van der Waals surface area contributed by atoms with Gasteiger partial charge in [-0.25, -0.2) is 0 Å². The Balaban J connectivity index is 2.97. The molecule has 0 amide bonds. The van der Waals surface area contributed by atoms with Gasteiger partial charge < -0.3 is 0 Å². The fourth-order valence-corrected chi connectivity index (χ4v) is 1.95. The van der Waals surface area contributed by atoms with Gasteiger partial charge in [-0.1, -0.05) is 59.3 Å². The fourth-order valence-electron chi connectivity index (χ4n) is 1.95. The zero-order valence-electron chi connectivity index (χ0n) is 11.9. The molecule has 0 saturated heterocycles. The van der Waals surface area contributed by atoms with Crippen LogP contribution in [-0.2, 0) is 0 Å². The lowest BCUT2D eigenvalue weighted by Crippen LogP contribution is -2.20. The van der Waals surface area contributed by atoms with Gasteiger partial charge in [0.05, 0.1) is 0 Å². The molecular weight excluding hydrogens is 192 g/mol. The van der Waals surface area contributed by atoms with Gasteiger partial charge in [-0.2, -0.15) is 0 Å². The molecule has 0 aliphatic heterocycles. The Kier molecular flexibility index (Phi) is 4.04. The third kappa shape index (κ3) is 2.78. The van der Waals surface area contributed by atoms with Crippen molar-refractivity contribution in [3.8, 4) is 0 Å². The minimum Gasteiger partial charge on any atom is -0.0802 e. The summed E-state index contributed by atoms with van der Waals surface area (Å²) in [7, 11) is 0. The maximum atomic E-state index is 2.43. The monoisotopic (exact) mass is 219 g/mol. The summed E-state index contributed by atoms with van der Waals surface area (Å²) in [5, 5.41) is 0. The first-order chi connectivity index (χ1) is 7.33. The second-order valence-corrected chi connectivity index (χ2v) is 6.17. The minimum absolute atomic E-state index is 0.323. The van der Waals surface area contributed by atoms with E-state index in [2.05, 4.69) is 60.1 Å². The van der Waals surface area contributed by atoms with Crippen LogP contribution in [-0.4, -0.2) is 0 Å². The smallest absolute Gasteiger partial charge is 0.00909 e. The molecule has 0 unspecified atom stereocenters. The first-order valence-electron chi connectivity index (χ1n) is 6.59. The van der Waals surface area contributed by atoms with Gasteiger partial charge in [0.25, 0.3) is 0 Å². The van der Waals surface area contributed by atoms with Gasteiger partial charge in [-0.3, -0.25) is 0 Å². The van der Waals surface area contributed by atoms with Crippen LogP contribution in [0.2, 0.25) is 0 Å². The van der Waals surface area contributed by atoms with Gasteiger partial charge in [0.15, 0.2) is 0 Å². The van der Waals surface area contributed by atoms with Crippen LogP contribution < -0.4 is 0 Å². The molecule has 1 aliphatic rings. The van der Waals surface area contributed by atoms with Crippen LogP contribution in [0.5, 0.6) is 0 Å². The highest BCUT2D eigenvalue weighted by Gasteiger charge is 2.27. The Bertz CT molecular complexity index is 300. The molecule has 0 heteroatoms. The minimum atomic E-state index is 0.323. The van der Waals surface area contributed by atoms with Crippen LogP contribution in [0.3, 0.4) is 0 Å². The molecule has 0 heterocycles. The largest absolute Gasteiger partial charge is 0.0802 e. The number of hydrogen-bond donors (Lipinski definition) is 0. The van der Waals surface area contributed by atoms with Gasteiger partial charge in [0.2, 0.25) is 0 Å². The molecule has 0 aromatic rings. The molecule has 91 valence electrons. The van der Waals surface area contributed by atoms with Crippen molar-refractivity contribution in [1.29, 1.82) is 0 Å². The Morgan fingerprint density at radius 2 is 1.44 bits per heavy atom. The van der Waals surface area contributed by atoms with E-state index in [9.17, 15) is 0 Å². The lowest BCUT2D eigenvalue weighted by atomic mass is 9.72. The highest BCUT2D eigenvalue weighted by Crippen LogP contribution is 2.40. The van der Waals surface area contributed by atoms with E-state index in [1.165, 1.54) is 24.0 Å². The Hall–Kier alpha value is -0.520. The summed E-state index contributed by atoms with van der Waals surface area (Å²) in [6.07, 6.45) is 10.7. The van der Waals surface area contributed by atoms with Crippen molar-refractivity contribution in [2.24, 2.45) is 10.8 Å². The predicted molar refractivity (Wildman–Crippen MR) is 73.2 cm³/mol. The molecule has 0 atom stereocenters. The number of rotatable bonds is 4. The second kappa shape index (κ2) is 4.77. The predicted octanol–water partition coefficient (Wildman–Crippen LogP) is 5.32. The van der Waals surface area contributed by atoms with Crippen molar-refractivity contribution >= 4 is 0 Å². The molecule has 0 fully saturated rings. The Labute approximate surface area is 102 Å². The van der Waals surface area contributed by atoms with Crippen molar-refractivity contribution in [3.63, 3.8) is 0 Å². The van der Waals surface area contributed by atoms with Gasteiger partial charge in [0, 0.05) is 0 Å². The van der Waals surface area contributed by atoms with E-state index in [1.54, 1.807) is 0 Å². The van der Waals surface area contributed by atoms with E-state index >= 15 is 0 Å². The van der Waals surface area contributed by atoms with Crippen molar-refractivity contribution in [2.75, 3.05) is 0 Å². The maximum absolute atomic E-state index is 2.43. The SMILES string of the molecule is CCC(C)(C)C1=CC(C(C)(C)CC)=CC[CH]1. The van der Waals surface area contributed by atoms with Gasteiger partial charge in [-0.15, -0.1) is 0 Å². The van der Waals surface area contributed by atoms with Crippen molar-refractivity contribution in [1.82, 2.24) is 0 Å². The molecule has 0 spiro atoms. The quantitative estimate of drug-likeness (QED) is 0.600. The standard InChI is InChI=1S/C16H27/c1-7-15(3,4)13-10-9-11-14(12-13)16(5,6)8-2/h10-12H,7-9H2,1-6H3. The topological polar surface area (TPSA) is 0 Å². The van der Waals surface area contributed by atoms with Crippen molar-refractivity contribution < 1.29 is 0 Å². The average molecular weight is 219 g/mol. The Morgan fingerprint density at radius 3 is 1.94 bits per heavy atom.